The van der Waals surface area contributed by atoms with Crippen molar-refractivity contribution in [2.24, 2.45) is 11.8 Å². The second-order valence-corrected chi connectivity index (χ2v) is 8.89. The van der Waals surface area contributed by atoms with Crippen molar-refractivity contribution in [3.63, 3.8) is 0 Å². The van der Waals surface area contributed by atoms with Crippen LogP contribution in [-0.4, -0.2) is 47.7 Å². The number of nitrogens with zero attached hydrogens (tertiary/aromatic N) is 1. The third-order valence-corrected chi connectivity index (χ3v) is 7.06. The van der Waals surface area contributed by atoms with Crippen molar-refractivity contribution in [3.05, 3.63) is 29.8 Å². The van der Waals surface area contributed by atoms with Crippen LogP contribution in [0.4, 0.5) is 0 Å². The van der Waals surface area contributed by atoms with Crippen molar-refractivity contribution >= 4 is 5.97 Å². The number of fused-ring (bicyclic) bond motifs is 2. The van der Waals surface area contributed by atoms with Crippen molar-refractivity contribution in [1.82, 2.24) is 4.90 Å². The first-order valence-corrected chi connectivity index (χ1v) is 10.6. The summed E-state index contributed by atoms with van der Waals surface area (Å²) in [6.45, 7) is 5.64. The van der Waals surface area contributed by atoms with E-state index in [1.54, 1.807) is 0 Å². The minimum absolute atomic E-state index is 0.00723. The zero-order valence-corrected chi connectivity index (χ0v) is 17.3. The number of esters is 1. The molecular formula is C23H27NO6. The van der Waals surface area contributed by atoms with Gasteiger partial charge in [0.05, 0.1) is 5.92 Å². The molecule has 0 aromatic heterocycles. The first kappa shape index (κ1) is 19.8. The van der Waals surface area contributed by atoms with Crippen LogP contribution in [0.15, 0.2) is 24.3 Å². The van der Waals surface area contributed by atoms with E-state index in [1.807, 2.05) is 26.0 Å². The molecule has 160 valence electrons. The Bertz CT molecular complexity index is 865. The molecule has 5 saturated heterocycles. The number of terminal acetylenes is 1. The van der Waals surface area contributed by atoms with Crippen molar-refractivity contribution < 1.29 is 28.8 Å². The highest BCUT2D eigenvalue weighted by molar-refractivity contribution is 5.74. The molecule has 1 aromatic rings. The summed E-state index contributed by atoms with van der Waals surface area (Å²) in [5.74, 6) is 1.85. The second-order valence-electron chi connectivity index (χ2n) is 8.89. The Morgan fingerprint density at radius 1 is 1.27 bits per heavy atom. The van der Waals surface area contributed by atoms with E-state index in [1.165, 1.54) is 5.56 Å². The van der Waals surface area contributed by atoms with Gasteiger partial charge in [-0.05, 0) is 44.0 Å². The van der Waals surface area contributed by atoms with Gasteiger partial charge in [-0.15, -0.1) is 6.42 Å². The van der Waals surface area contributed by atoms with Crippen molar-refractivity contribution in [2.45, 2.75) is 63.4 Å². The van der Waals surface area contributed by atoms with Crippen LogP contribution in [0.1, 0.15) is 38.7 Å². The van der Waals surface area contributed by atoms with Gasteiger partial charge in [-0.2, -0.15) is 0 Å². The smallest absolute Gasteiger partial charge is 0.311 e. The summed E-state index contributed by atoms with van der Waals surface area (Å²) in [7, 11) is 0. The quantitative estimate of drug-likeness (QED) is 0.427. The fraction of sp³-hybridized carbons (Fsp3) is 0.609. The Kier molecular flexibility index (Phi) is 4.79. The average molecular weight is 413 g/mol. The Morgan fingerprint density at radius 3 is 2.83 bits per heavy atom. The largest absolute Gasteiger partial charge is 0.481 e. The number of piperidine rings is 1. The molecule has 1 aromatic carbocycles. The Balaban J connectivity index is 1.43. The summed E-state index contributed by atoms with van der Waals surface area (Å²) in [4.78, 5) is 26.8. The molecule has 6 rings (SSSR count). The molecule has 0 amide bonds. The third-order valence-electron chi connectivity index (χ3n) is 7.06. The molecule has 0 radical (unpaired) electrons. The van der Waals surface area contributed by atoms with Gasteiger partial charge in [0.1, 0.15) is 12.4 Å². The first-order chi connectivity index (χ1) is 14.4. The number of hydrogen-bond acceptors (Lipinski definition) is 7. The molecule has 0 unspecified atom stereocenters. The molecule has 0 aliphatic carbocycles. The van der Waals surface area contributed by atoms with E-state index in [0.29, 0.717) is 6.42 Å². The fourth-order valence-electron chi connectivity index (χ4n) is 5.49. The lowest BCUT2D eigenvalue weighted by Gasteiger charge is -2.58. The van der Waals surface area contributed by atoms with Crippen LogP contribution in [0.25, 0.3) is 0 Å². The number of likely N-dealkylation sites (tertiary alicyclic amines) is 1. The molecule has 30 heavy (non-hydrogen) atoms. The summed E-state index contributed by atoms with van der Waals surface area (Å²) < 4.78 is 17.4. The molecule has 0 saturated carbocycles. The van der Waals surface area contributed by atoms with Gasteiger partial charge >= 0.3 is 5.97 Å². The minimum Gasteiger partial charge on any atom is -0.481 e. The summed E-state index contributed by atoms with van der Waals surface area (Å²) in [6.07, 6.45) is 6.84. The van der Waals surface area contributed by atoms with E-state index < -0.39 is 17.7 Å². The lowest BCUT2D eigenvalue weighted by Crippen LogP contribution is -2.74. The van der Waals surface area contributed by atoms with Gasteiger partial charge in [0, 0.05) is 24.9 Å². The first-order valence-electron chi connectivity index (χ1n) is 10.6. The van der Waals surface area contributed by atoms with Crippen LogP contribution < -0.4 is 4.74 Å². The molecule has 5 aliphatic rings. The summed E-state index contributed by atoms with van der Waals surface area (Å²) in [6, 6.07) is 8.01. The molecule has 5 fully saturated rings. The highest BCUT2D eigenvalue weighted by Crippen LogP contribution is 2.55. The van der Waals surface area contributed by atoms with Crippen LogP contribution in [0.3, 0.4) is 0 Å². The number of carbonyl (C=O) groups excluding carboxylic acids is 1. The third kappa shape index (κ3) is 3.02. The minimum atomic E-state index is -0.902. The number of rotatable bonds is 4. The van der Waals surface area contributed by atoms with E-state index >= 15 is 0 Å². The molecule has 7 heteroatoms. The van der Waals surface area contributed by atoms with E-state index in [-0.39, 0.29) is 30.5 Å². The van der Waals surface area contributed by atoms with Crippen LogP contribution in [-0.2, 0) is 30.6 Å². The highest BCUT2D eigenvalue weighted by Gasteiger charge is 2.70. The highest BCUT2D eigenvalue weighted by atomic mass is 17.3. The molecule has 5 aliphatic heterocycles. The van der Waals surface area contributed by atoms with E-state index in [9.17, 15) is 4.79 Å². The Hall–Kier alpha value is -2.11. The topological polar surface area (TPSA) is 66.5 Å². The lowest BCUT2D eigenvalue weighted by molar-refractivity contribution is -0.557. The molecule has 5 heterocycles. The summed E-state index contributed by atoms with van der Waals surface area (Å²) in [5.41, 5.74) is 0.361. The molecule has 7 nitrogen and oxygen atoms in total. The zero-order chi connectivity index (χ0) is 20.9. The Labute approximate surface area is 176 Å². The molecule has 0 N–H and O–H groups in total. The average Bonchev–Trinajstić information content (AvgIpc) is 2.97. The number of hydrogen-bond donors (Lipinski definition) is 0. The van der Waals surface area contributed by atoms with E-state index in [0.717, 1.165) is 31.7 Å². The number of benzene rings is 1. The fourth-order valence-corrected chi connectivity index (χ4v) is 5.49. The van der Waals surface area contributed by atoms with Crippen LogP contribution >= 0.6 is 0 Å². The van der Waals surface area contributed by atoms with Gasteiger partial charge in [-0.1, -0.05) is 25.0 Å². The van der Waals surface area contributed by atoms with Crippen molar-refractivity contribution in [3.8, 4) is 18.1 Å². The number of carbonyl (C=O) groups is 1. The van der Waals surface area contributed by atoms with Crippen LogP contribution in [0, 0.1) is 24.2 Å². The predicted molar refractivity (Wildman–Crippen MR) is 106 cm³/mol. The number of ether oxygens (including phenoxy) is 3. The standard InChI is InChI=1S/C23H27NO6/c1-4-13-26-17-7-5-16(6-8-17)14-24-12-10-18-15(2)20(25)27-21-23(18)19(24)9-11-22(3,28-21)29-30-23/h1,5-8,15,18-19,21H,9-14H2,2-3H3/t15-,18+,19-,21-,22-,23+/m1/s1. The van der Waals surface area contributed by atoms with Crippen molar-refractivity contribution in [1.29, 1.82) is 0 Å². The monoisotopic (exact) mass is 413 g/mol. The second kappa shape index (κ2) is 7.24. The van der Waals surface area contributed by atoms with E-state index in [2.05, 4.69) is 23.0 Å². The zero-order valence-electron chi connectivity index (χ0n) is 17.3. The van der Waals surface area contributed by atoms with E-state index in [4.69, 9.17) is 30.4 Å². The molecule has 2 bridgehead atoms. The van der Waals surface area contributed by atoms with Gasteiger partial charge in [-0.25, -0.2) is 9.78 Å². The van der Waals surface area contributed by atoms with Crippen molar-refractivity contribution in [2.75, 3.05) is 13.2 Å². The maximum atomic E-state index is 12.5. The summed E-state index contributed by atoms with van der Waals surface area (Å²) >= 11 is 0. The SMILES string of the molecule is C#CCOc1ccc(CN2CC[C@H]3[C@@H](C)C(=O)O[C@@H]4O[C@@]5(C)CC[C@@H]2[C@]43OO5)cc1. The normalized spacial score (nSPS) is 40.1. The predicted octanol–water partition coefficient (Wildman–Crippen LogP) is 2.64. The van der Waals surface area contributed by atoms with Gasteiger partial charge in [0.2, 0.25) is 12.1 Å². The van der Waals surface area contributed by atoms with Gasteiger partial charge < -0.3 is 14.2 Å². The van der Waals surface area contributed by atoms with Gasteiger partial charge in [0.15, 0.2) is 5.60 Å². The van der Waals surface area contributed by atoms with Gasteiger partial charge in [0.25, 0.3) is 0 Å². The maximum absolute atomic E-state index is 12.5. The van der Waals surface area contributed by atoms with Crippen LogP contribution in [0.2, 0.25) is 0 Å². The van der Waals surface area contributed by atoms with Gasteiger partial charge in [-0.3, -0.25) is 9.69 Å². The Morgan fingerprint density at radius 2 is 2.07 bits per heavy atom. The summed E-state index contributed by atoms with van der Waals surface area (Å²) in [5, 5.41) is 0. The molecular weight excluding hydrogens is 386 g/mol. The van der Waals surface area contributed by atoms with Crippen LogP contribution in [0.5, 0.6) is 5.75 Å². The molecule has 1 spiro atoms. The lowest BCUT2D eigenvalue weighted by atomic mass is 9.67. The maximum Gasteiger partial charge on any atom is 0.311 e. The molecule has 6 atom stereocenters.